The van der Waals surface area contributed by atoms with Gasteiger partial charge in [-0.1, -0.05) is 12.5 Å². The summed E-state index contributed by atoms with van der Waals surface area (Å²) in [5.74, 6) is 2.43. The summed E-state index contributed by atoms with van der Waals surface area (Å²) in [5, 5.41) is 3.02. The molecular weight excluding hydrogens is 340 g/mol. The normalized spacial score (nSPS) is 16.1. The molecule has 1 amide bonds. The molecule has 5 heteroatoms. The second-order valence-corrected chi connectivity index (χ2v) is 7.40. The summed E-state index contributed by atoms with van der Waals surface area (Å²) in [6, 6.07) is 9.95. The molecule has 0 spiro atoms. The quantitative estimate of drug-likeness (QED) is 0.802. The summed E-state index contributed by atoms with van der Waals surface area (Å²) in [6.07, 6.45) is 3.66. The van der Waals surface area contributed by atoms with Gasteiger partial charge in [0.1, 0.15) is 17.3 Å². The van der Waals surface area contributed by atoms with E-state index >= 15 is 0 Å². The number of furan rings is 1. The lowest BCUT2D eigenvalue weighted by atomic mass is 10.1. The Balaban J connectivity index is 1.55. The second-order valence-electron chi connectivity index (χ2n) is 7.40. The lowest BCUT2D eigenvalue weighted by Crippen LogP contribution is -2.41. The maximum absolute atomic E-state index is 12.3. The third-order valence-corrected chi connectivity index (χ3v) is 5.26. The first-order chi connectivity index (χ1) is 13.0. The summed E-state index contributed by atoms with van der Waals surface area (Å²) in [6.45, 7) is 8.68. The predicted octanol–water partition coefficient (Wildman–Crippen LogP) is 3.93. The molecule has 1 aromatic carbocycles. The van der Waals surface area contributed by atoms with Crippen molar-refractivity contribution in [3.63, 3.8) is 0 Å². The van der Waals surface area contributed by atoms with Gasteiger partial charge in [-0.2, -0.15) is 0 Å². The Morgan fingerprint density at radius 3 is 2.56 bits per heavy atom. The number of benzene rings is 1. The molecule has 27 heavy (non-hydrogen) atoms. The Morgan fingerprint density at radius 1 is 1.11 bits per heavy atom. The molecule has 0 radical (unpaired) electrons. The summed E-state index contributed by atoms with van der Waals surface area (Å²) in [4.78, 5) is 14.7. The molecule has 0 bridgehead atoms. The van der Waals surface area contributed by atoms with Crippen LogP contribution >= 0.6 is 0 Å². The number of piperidine rings is 1. The molecule has 1 atom stereocenters. The van der Waals surface area contributed by atoms with Crippen molar-refractivity contribution in [3.8, 4) is 5.75 Å². The molecule has 0 unspecified atom stereocenters. The van der Waals surface area contributed by atoms with E-state index < -0.39 is 0 Å². The third-order valence-electron chi connectivity index (χ3n) is 5.26. The van der Waals surface area contributed by atoms with Gasteiger partial charge < -0.3 is 14.5 Å². The summed E-state index contributed by atoms with van der Waals surface area (Å²) >= 11 is 0. The minimum atomic E-state index is -0.112. The first-order valence-corrected chi connectivity index (χ1v) is 9.80. The second kappa shape index (κ2) is 9.09. The Hall–Kier alpha value is -2.27. The summed E-state index contributed by atoms with van der Waals surface area (Å²) < 4.78 is 11.5. The molecule has 5 nitrogen and oxygen atoms in total. The molecule has 1 aromatic heterocycles. The van der Waals surface area contributed by atoms with E-state index in [1.165, 1.54) is 24.8 Å². The maximum Gasteiger partial charge on any atom is 0.258 e. The highest BCUT2D eigenvalue weighted by Crippen LogP contribution is 2.25. The smallest absolute Gasteiger partial charge is 0.258 e. The number of rotatable bonds is 7. The van der Waals surface area contributed by atoms with Gasteiger partial charge in [0.2, 0.25) is 0 Å². The highest BCUT2D eigenvalue weighted by molar-refractivity contribution is 5.77. The number of hydrogen-bond acceptors (Lipinski definition) is 4. The van der Waals surface area contributed by atoms with Crippen LogP contribution in [0.1, 0.15) is 48.0 Å². The minimum Gasteiger partial charge on any atom is -0.484 e. The van der Waals surface area contributed by atoms with Crippen molar-refractivity contribution >= 4 is 5.91 Å². The number of hydrogen-bond donors (Lipinski definition) is 1. The van der Waals surface area contributed by atoms with E-state index in [1.807, 2.05) is 44.2 Å². The first-order valence-electron chi connectivity index (χ1n) is 9.80. The number of carbonyl (C=O) groups is 1. The number of nitrogens with zero attached hydrogens (tertiary/aromatic N) is 1. The number of carbonyl (C=O) groups excluding carboxylic acids is 1. The Bertz CT molecular complexity index is 763. The van der Waals surface area contributed by atoms with Gasteiger partial charge in [-0.25, -0.2) is 0 Å². The molecule has 2 heterocycles. The third kappa shape index (κ3) is 5.36. The van der Waals surface area contributed by atoms with Crippen LogP contribution in [0.3, 0.4) is 0 Å². The molecule has 146 valence electrons. The predicted molar refractivity (Wildman–Crippen MR) is 106 cm³/mol. The van der Waals surface area contributed by atoms with Crippen LogP contribution in [0.4, 0.5) is 0 Å². The molecule has 2 aromatic rings. The molecule has 0 aliphatic carbocycles. The van der Waals surface area contributed by atoms with Gasteiger partial charge in [-0.05, 0) is 82.1 Å². The van der Waals surface area contributed by atoms with E-state index in [0.717, 1.165) is 35.9 Å². The number of likely N-dealkylation sites (tertiary alicyclic amines) is 1. The van der Waals surface area contributed by atoms with E-state index in [2.05, 4.69) is 17.1 Å². The molecular formula is C22H30N2O3. The number of ether oxygens (including phenoxy) is 1. The Kier molecular flexibility index (Phi) is 6.56. The Morgan fingerprint density at radius 2 is 1.89 bits per heavy atom. The van der Waals surface area contributed by atoms with Crippen molar-refractivity contribution in [2.24, 2.45) is 0 Å². The summed E-state index contributed by atoms with van der Waals surface area (Å²) in [7, 11) is 0. The van der Waals surface area contributed by atoms with Crippen molar-refractivity contribution in [3.05, 3.63) is 53.0 Å². The van der Waals surface area contributed by atoms with Gasteiger partial charge in [0, 0.05) is 6.54 Å². The van der Waals surface area contributed by atoms with Crippen molar-refractivity contribution in [1.82, 2.24) is 10.2 Å². The lowest BCUT2D eigenvalue weighted by molar-refractivity contribution is -0.123. The van der Waals surface area contributed by atoms with E-state index in [0.29, 0.717) is 6.54 Å². The van der Waals surface area contributed by atoms with Crippen LogP contribution in [-0.4, -0.2) is 37.0 Å². The summed E-state index contributed by atoms with van der Waals surface area (Å²) in [5.41, 5.74) is 2.37. The van der Waals surface area contributed by atoms with Crippen molar-refractivity contribution in [2.45, 2.75) is 46.1 Å². The highest BCUT2D eigenvalue weighted by Gasteiger charge is 2.25. The van der Waals surface area contributed by atoms with Gasteiger partial charge in [-0.3, -0.25) is 9.69 Å². The maximum atomic E-state index is 12.3. The van der Waals surface area contributed by atoms with E-state index in [9.17, 15) is 4.79 Å². The molecule has 1 aliphatic heterocycles. The molecule has 3 rings (SSSR count). The van der Waals surface area contributed by atoms with Crippen LogP contribution in [0.5, 0.6) is 5.75 Å². The van der Waals surface area contributed by atoms with E-state index in [4.69, 9.17) is 9.15 Å². The van der Waals surface area contributed by atoms with Gasteiger partial charge >= 0.3 is 0 Å². The zero-order valence-electron chi connectivity index (χ0n) is 16.6. The molecule has 0 saturated carbocycles. The average Bonchev–Trinajstić information content (AvgIpc) is 3.10. The monoisotopic (exact) mass is 370 g/mol. The van der Waals surface area contributed by atoms with Gasteiger partial charge in [0.25, 0.3) is 5.91 Å². The molecule has 1 aliphatic rings. The largest absolute Gasteiger partial charge is 0.484 e. The fourth-order valence-electron chi connectivity index (χ4n) is 3.49. The standard InChI is InChI=1S/C22H30N2O3/c1-16-7-9-19(13-17(16)2)26-15-22(25)23-14-20(21-10-8-18(3)27-21)24-11-5-4-6-12-24/h7-10,13,20H,4-6,11-12,14-15H2,1-3H3,(H,23,25)/t20-/m1/s1. The van der Waals surface area contributed by atoms with Crippen LogP contribution in [0.15, 0.2) is 34.7 Å². The fraction of sp³-hybridized carbons (Fsp3) is 0.500. The topological polar surface area (TPSA) is 54.7 Å². The van der Waals surface area contributed by atoms with Crippen LogP contribution in [-0.2, 0) is 4.79 Å². The number of amides is 1. The SMILES string of the molecule is Cc1ccc([C@@H](CNC(=O)COc2ccc(C)c(C)c2)N2CCCCC2)o1. The van der Waals surface area contributed by atoms with Crippen molar-refractivity contribution in [1.29, 1.82) is 0 Å². The zero-order valence-corrected chi connectivity index (χ0v) is 16.6. The van der Waals surface area contributed by atoms with E-state index in [-0.39, 0.29) is 18.6 Å². The molecule has 1 saturated heterocycles. The molecule has 1 fully saturated rings. The Labute approximate surface area is 161 Å². The van der Waals surface area contributed by atoms with Crippen molar-refractivity contribution in [2.75, 3.05) is 26.2 Å². The highest BCUT2D eigenvalue weighted by atomic mass is 16.5. The van der Waals surface area contributed by atoms with Gasteiger partial charge in [0.05, 0.1) is 6.04 Å². The van der Waals surface area contributed by atoms with Crippen molar-refractivity contribution < 1.29 is 13.9 Å². The molecule has 1 N–H and O–H groups in total. The van der Waals surface area contributed by atoms with Gasteiger partial charge in [0.15, 0.2) is 6.61 Å². The first kappa shape index (κ1) is 19.5. The number of aryl methyl sites for hydroxylation is 3. The van der Waals surface area contributed by atoms with Gasteiger partial charge in [-0.15, -0.1) is 0 Å². The van der Waals surface area contributed by atoms with Crippen LogP contribution in [0, 0.1) is 20.8 Å². The van der Waals surface area contributed by atoms with Crippen LogP contribution in [0.25, 0.3) is 0 Å². The van der Waals surface area contributed by atoms with Crippen LogP contribution in [0.2, 0.25) is 0 Å². The minimum absolute atomic E-state index is 0.0202. The lowest BCUT2D eigenvalue weighted by Gasteiger charge is -2.33. The van der Waals surface area contributed by atoms with E-state index in [1.54, 1.807) is 0 Å². The average molecular weight is 370 g/mol. The van der Waals surface area contributed by atoms with Crippen LogP contribution < -0.4 is 10.1 Å². The fourth-order valence-corrected chi connectivity index (χ4v) is 3.49. The number of nitrogens with one attached hydrogen (secondary N) is 1. The zero-order chi connectivity index (χ0) is 19.2.